The van der Waals surface area contributed by atoms with E-state index < -0.39 is 11.7 Å². The third-order valence-electron chi connectivity index (χ3n) is 6.86. The molecule has 6 heteroatoms. The molecule has 164 valence electrons. The van der Waals surface area contributed by atoms with E-state index in [0.29, 0.717) is 17.9 Å². The molecule has 2 aliphatic carbocycles. The lowest BCUT2D eigenvalue weighted by molar-refractivity contribution is -0.137. The number of fused-ring (bicyclic) bond motifs is 3. The maximum atomic E-state index is 13.4. The van der Waals surface area contributed by atoms with Crippen molar-refractivity contribution in [3.05, 3.63) is 53.6 Å². The van der Waals surface area contributed by atoms with Gasteiger partial charge in [0.2, 0.25) is 0 Å². The molecule has 0 amide bonds. The average molecular weight is 420 g/mol. The zero-order chi connectivity index (χ0) is 21.3. The highest BCUT2D eigenvalue weighted by Crippen LogP contribution is 2.51. The summed E-state index contributed by atoms with van der Waals surface area (Å²) < 4.78 is 40.1. The van der Waals surface area contributed by atoms with Gasteiger partial charge >= 0.3 is 6.18 Å². The number of nitrogens with one attached hydrogen (secondary N) is 2. The molecule has 1 unspecified atom stereocenters. The van der Waals surface area contributed by atoms with E-state index in [1.165, 1.54) is 12.1 Å². The van der Waals surface area contributed by atoms with Gasteiger partial charge in [0.1, 0.15) is 0 Å². The molecular formula is C24H32F3N3. The van der Waals surface area contributed by atoms with Crippen LogP contribution < -0.4 is 10.6 Å². The molecule has 0 spiro atoms. The lowest BCUT2D eigenvalue weighted by Crippen LogP contribution is -2.41. The van der Waals surface area contributed by atoms with Crippen LogP contribution in [0.15, 0.2) is 42.5 Å². The van der Waals surface area contributed by atoms with Gasteiger partial charge in [-0.2, -0.15) is 13.2 Å². The van der Waals surface area contributed by atoms with Crippen molar-refractivity contribution >= 4 is 5.69 Å². The van der Waals surface area contributed by atoms with Crippen LogP contribution in [0, 0.1) is 11.8 Å². The van der Waals surface area contributed by atoms with Gasteiger partial charge < -0.3 is 15.5 Å². The summed E-state index contributed by atoms with van der Waals surface area (Å²) >= 11 is 0. The molecular weight excluding hydrogens is 387 g/mol. The second-order valence-corrected chi connectivity index (χ2v) is 9.23. The molecule has 4 rings (SSSR count). The van der Waals surface area contributed by atoms with Crippen LogP contribution in [0.4, 0.5) is 18.9 Å². The number of anilines is 1. The van der Waals surface area contributed by atoms with Crippen molar-refractivity contribution in [2.24, 2.45) is 11.8 Å². The summed E-state index contributed by atoms with van der Waals surface area (Å²) in [6.45, 7) is 1.98. The third kappa shape index (κ3) is 4.59. The van der Waals surface area contributed by atoms with Crippen molar-refractivity contribution in [1.29, 1.82) is 0 Å². The van der Waals surface area contributed by atoms with E-state index in [2.05, 4.69) is 53.9 Å². The van der Waals surface area contributed by atoms with Crippen molar-refractivity contribution in [1.82, 2.24) is 10.2 Å². The third-order valence-corrected chi connectivity index (χ3v) is 6.86. The fourth-order valence-electron chi connectivity index (χ4n) is 5.45. The fraction of sp³-hybridized carbons (Fsp3) is 0.583. The van der Waals surface area contributed by atoms with Gasteiger partial charge in [0, 0.05) is 23.7 Å². The van der Waals surface area contributed by atoms with E-state index in [4.69, 9.17) is 0 Å². The Labute approximate surface area is 177 Å². The summed E-state index contributed by atoms with van der Waals surface area (Å²) in [4.78, 5) is 2.17. The minimum atomic E-state index is -4.30. The topological polar surface area (TPSA) is 27.3 Å². The van der Waals surface area contributed by atoms with Gasteiger partial charge in [0.15, 0.2) is 0 Å². The lowest BCUT2D eigenvalue weighted by atomic mass is 9.73. The first-order valence-corrected chi connectivity index (χ1v) is 11.0. The average Bonchev–Trinajstić information content (AvgIpc) is 3.14. The monoisotopic (exact) mass is 419 g/mol. The van der Waals surface area contributed by atoms with Crippen LogP contribution in [0.25, 0.3) is 0 Å². The Morgan fingerprint density at radius 3 is 2.70 bits per heavy atom. The number of rotatable bonds is 6. The molecule has 1 saturated carbocycles. The van der Waals surface area contributed by atoms with Gasteiger partial charge in [0.05, 0.1) is 5.56 Å². The van der Waals surface area contributed by atoms with Crippen LogP contribution in [0.5, 0.6) is 0 Å². The second kappa shape index (κ2) is 8.75. The molecule has 30 heavy (non-hydrogen) atoms. The molecule has 5 atom stereocenters. The van der Waals surface area contributed by atoms with E-state index in [9.17, 15) is 13.2 Å². The molecule has 1 aliphatic heterocycles. The predicted molar refractivity (Wildman–Crippen MR) is 116 cm³/mol. The smallest absolute Gasteiger partial charge is 0.381 e. The number of hydrogen-bond acceptors (Lipinski definition) is 3. The number of hydrogen-bond donors (Lipinski definition) is 2. The highest BCUT2D eigenvalue weighted by molar-refractivity contribution is 5.59. The summed E-state index contributed by atoms with van der Waals surface area (Å²) in [5, 5.41) is 7.32. The number of halogens is 3. The Kier molecular flexibility index (Phi) is 6.26. The summed E-state index contributed by atoms with van der Waals surface area (Å²) in [7, 11) is 4.14. The molecule has 1 aromatic rings. The minimum Gasteiger partial charge on any atom is -0.381 e. The van der Waals surface area contributed by atoms with Crippen molar-refractivity contribution in [2.75, 3.05) is 32.5 Å². The molecule has 2 N–H and O–H groups in total. The molecule has 0 radical (unpaired) electrons. The van der Waals surface area contributed by atoms with Gasteiger partial charge in [-0.05, 0) is 88.5 Å². The van der Waals surface area contributed by atoms with Gasteiger partial charge in [-0.3, -0.25) is 0 Å². The molecule has 1 aromatic carbocycles. The largest absolute Gasteiger partial charge is 0.416 e. The van der Waals surface area contributed by atoms with Crippen LogP contribution in [-0.2, 0) is 6.18 Å². The zero-order valence-corrected chi connectivity index (χ0v) is 17.8. The SMILES string of the molecule is CN(C)CCCN[C@@H]1C[C@@H]2[C@H](C1)c1cc(C(F)(F)F)ccc1N[C@H]2C1C=CC=CC1. The van der Waals surface area contributed by atoms with E-state index in [-0.39, 0.29) is 12.0 Å². The summed E-state index contributed by atoms with van der Waals surface area (Å²) in [6, 6.07) is 4.86. The summed E-state index contributed by atoms with van der Waals surface area (Å²) in [6.07, 6.45) is 8.28. The van der Waals surface area contributed by atoms with Crippen LogP contribution in [0.2, 0.25) is 0 Å². The van der Waals surface area contributed by atoms with E-state index >= 15 is 0 Å². The minimum absolute atomic E-state index is 0.166. The number of alkyl halides is 3. The molecule has 1 heterocycles. The fourth-order valence-corrected chi connectivity index (χ4v) is 5.45. The Bertz CT molecular complexity index is 799. The highest BCUT2D eigenvalue weighted by atomic mass is 19.4. The Balaban J connectivity index is 1.56. The van der Waals surface area contributed by atoms with Crippen LogP contribution in [0.3, 0.4) is 0 Å². The van der Waals surface area contributed by atoms with Crippen LogP contribution >= 0.6 is 0 Å². The first-order chi connectivity index (χ1) is 14.3. The van der Waals surface area contributed by atoms with Crippen LogP contribution in [-0.4, -0.2) is 44.2 Å². The number of nitrogens with zero attached hydrogens (tertiary/aromatic N) is 1. The van der Waals surface area contributed by atoms with Gasteiger partial charge in [-0.25, -0.2) is 0 Å². The highest BCUT2D eigenvalue weighted by Gasteiger charge is 2.46. The van der Waals surface area contributed by atoms with Gasteiger partial charge in [-0.1, -0.05) is 24.3 Å². The first kappa shape index (κ1) is 21.4. The standard InChI is InChI=1S/C24H32F3N3/c1-30(2)12-6-11-28-18-14-19-20-13-17(24(25,26)27)9-10-22(20)29-23(21(19)15-18)16-7-4-3-5-8-16/h3-5,7,9-10,13,16,18-19,21,23,28-29H,6,8,11-12,14-15H2,1-2H3/t16?,18-,19+,21+,23-/m0/s1. The lowest BCUT2D eigenvalue weighted by Gasteiger charge is -2.41. The summed E-state index contributed by atoms with van der Waals surface area (Å²) in [5.74, 6) is 0.887. The van der Waals surface area contributed by atoms with Crippen molar-refractivity contribution in [3.63, 3.8) is 0 Å². The molecule has 1 fully saturated rings. The van der Waals surface area contributed by atoms with E-state index in [0.717, 1.165) is 50.0 Å². The molecule has 0 saturated heterocycles. The molecule has 3 nitrogen and oxygen atoms in total. The molecule has 0 aromatic heterocycles. The quantitative estimate of drug-likeness (QED) is 0.633. The molecule has 0 bridgehead atoms. The van der Waals surface area contributed by atoms with E-state index in [1.807, 2.05) is 0 Å². The second-order valence-electron chi connectivity index (χ2n) is 9.23. The van der Waals surface area contributed by atoms with Gasteiger partial charge in [-0.15, -0.1) is 0 Å². The maximum Gasteiger partial charge on any atom is 0.416 e. The Morgan fingerprint density at radius 2 is 2.00 bits per heavy atom. The van der Waals surface area contributed by atoms with Crippen molar-refractivity contribution in [2.45, 2.75) is 49.9 Å². The Morgan fingerprint density at radius 1 is 1.17 bits per heavy atom. The normalized spacial score (nSPS) is 30.3. The molecule has 3 aliphatic rings. The predicted octanol–water partition coefficient (Wildman–Crippen LogP) is 5.04. The number of allylic oxidation sites excluding steroid dienone is 3. The van der Waals surface area contributed by atoms with Crippen molar-refractivity contribution < 1.29 is 13.2 Å². The maximum absolute atomic E-state index is 13.4. The van der Waals surface area contributed by atoms with E-state index in [1.54, 1.807) is 6.07 Å². The first-order valence-electron chi connectivity index (χ1n) is 11.0. The number of benzene rings is 1. The van der Waals surface area contributed by atoms with Gasteiger partial charge in [0.25, 0.3) is 0 Å². The van der Waals surface area contributed by atoms with Crippen molar-refractivity contribution in [3.8, 4) is 0 Å². The Hall–Kier alpha value is -1.79. The zero-order valence-electron chi connectivity index (χ0n) is 17.8. The van der Waals surface area contributed by atoms with Crippen LogP contribution in [0.1, 0.15) is 42.7 Å². The summed E-state index contributed by atoms with van der Waals surface area (Å²) in [5.41, 5.74) is 1.19.